The van der Waals surface area contributed by atoms with Crippen molar-refractivity contribution in [3.8, 4) is 11.5 Å². The van der Waals surface area contributed by atoms with Gasteiger partial charge in [-0.25, -0.2) is 4.98 Å². The number of ether oxygens (including phenoxy) is 2. The van der Waals surface area contributed by atoms with Gasteiger partial charge in [-0.1, -0.05) is 17.7 Å². The number of anilines is 2. The minimum atomic E-state index is -0.337. The molecule has 0 atom stereocenters. The lowest BCUT2D eigenvalue weighted by Gasteiger charge is -2.09. The molecule has 3 aromatic rings. The molecule has 2 amide bonds. The summed E-state index contributed by atoms with van der Waals surface area (Å²) in [5.41, 5.74) is 2.52. The third-order valence-electron chi connectivity index (χ3n) is 4.23. The van der Waals surface area contributed by atoms with Gasteiger partial charge in [-0.15, -0.1) is 11.3 Å². The predicted molar refractivity (Wildman–Crippen MR) is 118 cm³/mol. The van der Waals surface area contributed by atoms with Crippen molar-refractivity contribution in [2.75, 3.05) is 24.9 Å². The topological polar surface area (TPSA) is 89.5 Å². The van der Waals surface area contributed by atoms with Gasteiger partial charge in [-0.05, 0) is 42.8 Å². The number of nitrogens with one attached hydrogen (secondary N) is 2. The number of hydrogen-bond donors (Lipinski definition) is 2. The van der Waals surface area contributed by atoms with Gasteiger partial charge in [-0.3, -0.25) is 14.9 Å². The molecule has 2 N–H and O–H groups in total. The Labute approximate surface area is 183 Å². The Morgan fingerprint density at radius 1 is 1.07 bits per heavy atom. The van der Waals surface area contributed by atoms with E-state index in [4.69, 9.17) is 21.1 Å². The maximum atomic E-state index is 12.5. The van der Waals surface area contributed by atoms with Crippen molar-refractivity contribution in [3.05, 3.63) is 63.6 Å². The number of hydrogen-bond acceptors (Lipinski definition) is 6. The van der Waals surface area contributed by atoms with Crippen LogP contribution < -0.4 is 20.1 Å². The molecule has 1 aromatic heterocycles. The number of carbonyl (C=O) groups excluding carboxylic acids is 2. The van der Waals surface area contributed by atoms with Crippen LogP contribution in [0.4, 0.5) is 10.8 Å². The zero-order valence-electron chi connectivity index (χ0n) is 16.6. The number of carbonyl (C=O) groups is 2. The van der Waals surface area contributed by atoms with E-state index in [1.54, 1.807) is 35.7 Å². The quantitative estimate of drug-likeness (QED) is 0.556. The van der Waals surface area contributed by atoms with Gasteiger partial charge >= 0.3 is 0 Å². The Kier molecular flexibility index (Phi) is 6.91. The zero-order chi connectivity index (χ0) is 21.7. The van der Waals surface area contributed by atoms with Crippen LogP contribution in [0.3, 0.4) is 0 Å². The molecule has 0 saturated heterocycles. The van der Waals surface area contributed by atoms with E-state index in [1.165, 1.54) is 25.6 Å². The predicted octanol–water partition coefficient (Wildman–Crippen LogP) is 4.56. The zero-order valence-corrected chi connectivity index (χ0v) is 18.2. The number of rotatable bonds is 7. The summed E-state index contributed by atoms with van der Waals surface area (Å²) in [6.07, 6.45) is 0.0781. The number of benzene rings is 2. The molecule has 0 fully saturated rings. The lowest BCUT2D eigenvalue weighted by Crippen LogP contribution is -2.16. The third-order valence-corrected chi connectivity index (χ3v) is 5.27. The summed E-state index contributed by atoms with van der Waals surface area (Å²) in [5, 5.41) is 8.23. The summed E-state index contributed by atoms with van der Waals surface area (Å²) >= 11 is 7.23. The first-order valence-electron chi connectivity index (χ1n) is 8.93. The first-order valence-corrected chi connectivity index (χ1v) is 10.2. The van der Waals surface area contributed by atoms with Crippen LogP contribution in [0.5, 0.6) is 11.5 Å². The van der Waals surface area contributed by atoms with Gasteiger partial charge in [0.2, 0.25) is 5.91 Å². The molecule has 9 heteroatoms. The second-order valence-corrected chi connectivity index (χ2v) is 7.65. The normalized spacial score (nSPS) is 10.4. The summed E-state index contributed by atoms with van der Waals surface area (Å²) in [4.78, 5) is 29.1. The fraction of sp³-hybridized carbons (Fsp3) is 0.190. The van der Waals surface area contributed by atoms with Gasteiger partial charge in [0.15, 0.2) is 16.6 Å². The SMILES string of the molecule is COc1ccc(C(=O)Nc2nc(CC(=O)Nc3cc(Cl)ccc3C)cs2)cc1OC. The number of methoxy groups -OCH3 is 2. The van der Waals surface area contributed by atoms with Gasteiger partial charge < -0.3 is 14.8 Å². The molecule has 1 heterocycles. The third kappa shape index (κ3) is 5.28. The Hall–Kier alpha value is -3.10. The molecule has 0 bridgehead atoms. The Morgan fingerprint density at radius 2 is 1.83 bits per heavy atom. The highest BCUT2D eigenvalue weighted by Crippen LogP contribution is 2.28. The lowest BCUT2D eigenvalue weighted by atomic mass is 10.2. The molecule has 0 aliphatic rings. The summed E-state index contributed by atoms with van der Waals surface area (Å²) in [7, 11) is 3.03. The van der Waals surface area contributed by atoms with Gasteiger partial charge in [0.05, 0.1) is 26.3 Å². The number of halogens is 1. The minimum Gasteiger partial charge on any atom is -0.493 e. The number of aromatic nitrogens is 1. The van der Waals surface area contributed by atoms with E-state index in [2.05, 4.69) is 15.6 Å². The standard InChI is InChI=1S/C21H20ClN3O4S/c1-12-4-6-14(22)9-16(12)24-19(26)10-15-11-30-21(23-15)25-20(27)13-5-7-17(28-2)18(8-13)29-3/h4-9,11H,10H2,1-3H3,(H,24,26)(H,23,25,27). The van der Waals surface area contributed by atoms with Crippen LogP contribution in [-0.2, 0) is 11.2 Å². The van der Waals surface area contributed by atoms with E-state index in [0.29, 0.717) is 38.6 Å². The van der Waals surface area contributed by atoms with Gasteiger partial charge in [0.25, 0.3) is 5.91 Å². The smallest absolute Gasteiger partial charge is 0.257 e. The summed E-state index contributed by atoms with van der Waals surface area (Å²) < 4.78 is 10.4. The van der Waals surface area contributed by atoms with Crippen molar-refractivity contribution in [2.24, 2.45) is 0 Å². The van der Waals surface area contributed by atoms with Crippen molar-refractivity contribution in [2.45, 2.75) is 13.3 Å². The fourth-order valence-electron chi connectivity index (χ4n) is 2.68. The second kappa shape index (κ2) is 9.60. The van der Waals surface area contributed by atoms with Crippen LogP contribution in [-0.4, -0.2) is 31.0 Å². The minimum absolute atomic E-state index is 0.0781. The van der Waals surface area contributed by atoms with Crippen LogP contribution in [0, 0.1) is 6.92 Å². The molecule has 0 aliphatic carbocycles. The monoisotopic (exact) mass is 445 g/mol. The highest BCUT2D eigenvalue weighted by atomic mass is 35.5. The van der Waals surface area contributed by atoms with Crippen molar-refractivity contribution < 1.29 is 19.1 Å². The molecule has 0 unspecified atom stereocenters. The van der Waals surface area contributed by atoms with Crippen LogP contribution in [0.25, 0.3) is 0 Å². The maximum Gasteiger partial charge on any atom is 0.257 e. The highest BCUT2D eigenvalue weighted by molar-refractivity contribution is 7.14. The van der Waals surface area contributed by atoms with Crippen LogP contribution in [0.2, 0.25) is 5.02 Å². The van der Waals surface area contributed by atoms with Gasteiger partial charge in [0, 0.05) is 21.7 Å². The second-order valence-electron chi connectivity index (χ2n) is 6.35. The largest absolute Gasteiger partial charge is 0.493 e. The summed E-state index contributed by atoms with van der Waals surface area (Å²) in [5.74, 6) is 0.434. The van der Waals surface area contributed by atoms with E-state index in [-0.39, 0.29) is 18.2 Å². The molecule has 7 nitrogen and oxygen atoms in total. The number of thiazole rings is 1. The van der Waals surface area contributed by atoms with Crippen LogP contribution in [0.15, 0.2) is 41.8 Å². The number of amides is 2. The Balaban J connectivity index is 1.63. The fourth-order valence-corrected chi connectivity index (χ4v) is 3.56. The number of nitrogens with zero attached hydrogens (tertiary/aromatic N) is 1. The average molecular weight is 446 g/mol. The molecule has 30 heavy (non-hydrogen) atoms. The average Bonchev–Trinajstić information content (AvgIpc) is 3.16. The van der Waals surface area contributed by atoms with Crippen LogP contribution in [0.1, 0.15) is 21.6 Å². The first-order chi connectivity index (χ1) is 14.4. The molecule has 0 radical (unpaired) electrons. The molecule has 2 aromatic carbocycles. The molecule has 3 rings (SSSR count). The number of aryl methyl sites for hydroxylation is 1. The van der Waals surface area contributed by atoms with E-state index in [1.807, 2.05) is 13.0 Å². The summed E-state index contributed by atoms with van der Waals surface area (Å²) in [6.45, 7) is 1.89. The maximum absolute atomic E-state index is 12.5. The molecule has 0 saturated carbocycles. The summed E-state index contributed by atoms with van der Waals surface area (Å²) in [6, 6.07) is 10.2. The van der Waals surface area contributed by atoms with Crippen molar-refractivity contribution in [1.29, 1.82) is 0 Å². The molecule has 156 valence electrons. The van der Waals surface area contributed by atoms with Gasteiger partial charge in [0.1, 0.15) is 0 Å². The van der Waals surface area contributed by atoms with E-state index < -0.39 is 0 Å². The van der Waals surface area contributed by atoms with Crippen molar-refractivity contribution >= 4 is 45.6 Å². The van der Waals surface area contributed by atoms with Crippen molar-refractivity contribution in [3.63, 3.8) is 0 Å². The first kappa shape index (κ1) is 21.6. The van der Waals surface area contributed by atoms with Gasteiger partial charge in [-0.2, -0.15) is 0 Å². The van der Waals surface area contributed by atoms with E-state index in [9.17, 15) is 9.59 Å². The van der Waals surface area contributed by atoms with E-state index >= 15 is 0 Å². The molecular formula is C21H20ClN3O4S. The molecule has 0 aliphatic heterocycles. The Morgan fingerprint density at radius 3 is 2.57 bits per heavy atom. The molecule has 0 spiro atoms. The van der Waals surface area contributed by atoms with Crippen molar-refractivity contribution in [1.82, 2.24) is 4.98 Å². The molecular weight excluding hydrogens is 426 g/mol. The highest BCUT2D eigenvalue weighted by Gasteiger charge is 2.14. The van der Waals surface area contributed by atoms with E-state index in [0.717, 1.165) is 5.56 Å². The Bertz CT molecular complexity index is 1080. The van der Waals surface area contributed by atoms with Crippen LogP contribution >= 0.6 is 22.9 Å². The lowest BCUT2D eigenvalue weighted by molar-refractivity contribution is -0.115.